The number of rotatable bonds is 12. The third kappa shape index (κ3) is 6.89. The summed E-state index contributed by atoms with van der Waals surface area (Å²) in [6, 6.07) is 16.4. The van der Waals surface area contributed by atoms with E-state index in [0.717, 1.165) is 42.6 Å². The van der Waals surface area contributed by atoms with E-state index in [-0.39, 0.29) is 5.75 Å². The lowest BCUT2D eigenvalue weighted by atomic mass is 10.1. The van der Waals surface area contributed by atoms with Crippen LogP contribution < -0.4 is 4.74 Å². The molecular weight excluding hydrogens is 417 g/mol. The number of para-hydroxylation sites is 1. The van der Waals surface area contributed by atoms with Crippen LogP contribution in [-0.2, 0) is 13.6 Å². The summed E-state index contributed by atoms with van der Waals surface area (Å²) in [6.45, 7) is 8.41. The number of halogens is 1. The highest BCUT2D eigenvalue weighted by Gasteiger charge is 2.24. The molecule has 0 spiro atoms. The van der Waals surface area contributed by atoms with Crippen LogP contribution in [0.1, 0.15) is 45.6 Å². The monoisotopic (exact) mass is 453 g/mol. The topological polar surface area (TPSA) is 50.5 Å². The maximum absolute atomic E-state index is 14.4. The molecule has 2 aromatic carbocycles. The first-order chi connectivity index (χ1) is 15.9. The van der Waals surface area contributed by atoms with Gasteiger partial charge in [0.2, 0.25) is 5.88 Å². The first-order valence-electron chi connectivity index (χ1n) is 11.8. The number of aryl methyl sites for hydroxylation is 1. The van der Waals surface area contributed by atoms with Gasteiger partial charge >= 0.3 is 0 Å². The van der Waals surface area contributed by atoms with Gasteiger partial charge in [-0.1, -0.05) is 76.1 Å². The molecule has 0 saturated carbocycles. The number of hydrogen-bond acceptors (Lipinski definition) is 4. The van der Waals surface area contributed by atoms with Crippen molar-refractivity contribution in [2.24, 2.45) is 13.0 Å². The number of hydrogen-bond donors (Lipinski definition) is 1. The Kier molecular flexibility index (Phi) is 9.03. The molecule has 0 aliphatic rings. The van der Waals surface area contributed by atoms with Crippen LogP contribution in [0, 0.1) is 11.7 Å². The number of aromatic nitrogens is 2. The molecule has 5 nitrogen and oxygen atoms in total. The standard InChI is InChI=1S/C27H36FN3O2/c1-5-6-14-22(32)18-31(17-20(2)3)19-23-26(21-12-8-7-9-13-21)29-30(4)27(23)33-25-16-11-10-15-24(25)28/h7-13,15-16,20,22,32H,5-6,14,17-19H2,1-4H3. The van der Waals surface area contributed by atoms with Crippen LogP contribution in [0.4, 0.5) is 4.39 Å². The lowest BCUT2D eigenvalue weighted by molar-refractivity contribution is 0.0929. The van der Waals surface area contributed by atoms with E-state index in [1.54, 1.807) is 22.9 Å². The van der Waals surface area contributed by atoms with Gasteiger partial charge < -0.3 is 9.84 Å². The van der Waals surface area contributed by atoms with Crippen molar-refractivity contribution in [1.82, 2.24) is 14.7 Å². The van der Waals surface area contributed by atoms with E-state index in [1.165, 1.54) is 6.07 Å². The highest BCUT2D eigenvalue weighted by Crippen LogP contribution is 2.35. The summed E-state index contributed by atoms with van der Waals surface area (Å²) in [5.41, 5.74) is 2.67. The first-order valence-corrected chi connectivity index (χ1v) is 11.8. The zero-order chi connectivity index (χ0) is 23.8. The Balaban J connectivity index is 1.99. The Labute approximate surface area is 196 Å². The molecule has 3 rings (SSSR count). The van der Waals surface area contributed by atoms with Crippen molar-refractivity contribution in [2.45, 2.75) is 52.7 Å². The largest absolute Gasteiger partial charge is 0.436 e. The van der Waals surface area contributed by atoms with Gasteiger partial charge in [0.1, 0.15) is 5.69 Å². The summed E-state index contributed by atoms with van der Waals surface area (Å²) in [4.78, 5) is 2.25. The molecule has 1 atom stereocenters. The first kappa shape index (κ1) is 24.9. The second-order valence-corrected chi connectivity index (χ2v) is 9.04. The average Bonchev–Trinajstić information content (AvgIpc) is 3.09. The van der Waals surface area contributed by atoms with Crippen molar-refractivity contribution in [2.75, 3.05) is 13.1 Å². The average molecular weight is 454 g/mol. The third-order valence-electron chi connectivity index (χ3n) is 5.54. The van der Waals surface area contributed by atoms with Gasteiger partial charge in [-0.05, 0) is 24.5 Å². The summed E-state index contributed by atoms with van der Waals surface area (Å²) >= 11 is 0. The number of ether oxygens (including phenoxy) is 1. The van der Waals surface area contributed by atoms with Crippen molar-refractivity contribution in [3.8, 4) is 22.9 Å². The zero-order valence-corrected chi connectivity index (χ0v) is 20.2. The zero-order valence-electron chi connectivity index (χ0n) is 20.2. The molecule has 1 aromatic heterocycles. The molecule has 6 heteroatoms. The Morgan fingerprint density at radius 2 is 1.76 bits per heavy atom. The van der Waals surface area contributed by atoms with Crippen molar-refractivity contribution in [1.29, 1.82) is 0 Å². The molecule has 0 aliphatic carbocycles. The summed E-state index contributed by atoms with van der Waals surface area (Å²) in [6.07, 6.45) is 2.45. The van der Waals surface area contributed by atoms with Crippen molar-refractivity contribution < 1.29 is 14.2 Å². The lowest BCUT2D eigenvalue weighted by Gasteiger charge is -2.27. The second kappa shape index (κ2) is 12.0. The minimum atomic E-state index is -0.417. The van der Waals surface area contributed by atoms with E-state index in [4.69, 9.17) is 9.84 Å². The predicted molar refractivity (Wildman–Crippen MR) is 131 cm³/mol. The van der Waals surface area contributed by atoms with Crippen LogP contribution in [0.2, 0.25) is 0 Å². The Bertz CT molecular complexity index is 1000. The summed E-state index contributed by atoms with van der Waals surface area (Å²) in [5.74, 6) is 0.687. The minimum absolute atomic E-state index is 0.166. The molecule has 178 valence electrons. The third-order valence-corrected chi connectivity index (χ3v) is 5.54. The van der Waals surface area contributed by atoms with Crippen LogP contribution in [-0.4, -0.2) is 39.0 Å². The molecule has 1 heterocycles. The molecule has 33 heavy (non-hydrogen) atoms. The Hall–Kier alpha value is -2.70. The Morgan fingerprint density at radius 1 is 1.06 bits per heavy atom. The van der Waals surface area contributed by atoms with Gasteiger partial charge in [-0.3, -0.25) is 4.90 Å². The van der Waals surface area contributed by atoms with Gasteiger partial charge in [0.15, 0.2) is 11.6 Å². The Morgan fingerprint density at radius 3 is 2.42 bits per heavy atom. The predicted octanol–water partition coefficient (Wildman–Crippen LogP) is 6.03. The fourth-order valence-corrected chi connectivity index (χ4v) is 4.05. The lowest BCUT2D eigenvalue weighted by Crippen LogP contribution is -2.35. The van der Waals surface area contributed by atoms with Crippen LogP contribution in [0.25, 0.3) is 11.3 Å². The molecule has 1 N–H and O–H groups in total. The van der Waals surface area contributed by atoms with E-state index >= 15 is 0 Å². The summed E-state index contributed by atoms with van der Waals surface area (Å²) in [7, 11) is 1.81. The highest BCUT2D eigenvalue weighted by atomic mass is 19.1. The molecule has 1 unspecified atom stereocenters. The maximum atomic E-state index is 14.4. The van der Waals surface area contributed by atoms with Crippen LogP contribution in [0.3, 0.4) is 0 Å². The molecule has 0 saturated heterocycles. The van der Waals surface area contributed by atoms with E-state index in [1.807, 2.05) is 37.4 Å². The SMILES string of the molecule is CCCCC(O)CN(Cc1c(-c2ccccc2)nn(C)c1Oc1ccccc1F)CC(C)C. The van der Waals surface area contributed by atoms with Gasteiger partial charge in [-0.15, -0.1) is 0 Å². The molecule has 3 aromatic rings. The van der Waals surface area contributed by atoms with Crippen molar-refractivity contribution in [3.05, 3.63) is 66.0 Å². The van der Waals surface area contributed by atoms with E-state index in [0.29, 0.717) is 24.9 Å². The van der Waals surface area contributed by atoms with Gasteiger partial charge in [0.25, 0.3) is 0 Å². The van der Waals surface area contributed by atoms with Crippen molar-refractivity contribution in [3.63, 3.8) is 0 Å². The maximum Gasteiger partial charge on any atom is 0.222 e. The molecule has 0 amide bonds. The van der Waals surface area contributed by atoms with Crippen LogP contribution >= 0.6 is 0 Å². The number of aliphatic hydroxyl groups excluding tert-OH is 1. The van der Waals surface area contributed by atoms with Gasteiger partial charge in [0.05, 0.1) is 11.7 Å². The van der Waals surface area contributed by atoms with Crippen molar-refractivity contribution >= 4 is 0 Å². The highest BCUT2D eigenvalue weighted by molar-refractivity contribution is 5.65. The number of unbranched alkanes of at least 4 members (excludes halogenated alkanes) is 1. The quantitative estimate of drug-likeness (QED) is 0.364. The fraction of sp³-hybridized carbons (Fsp3) is 0.444. The van der Waals surface area contributed by atoms with E-state index in [2.05, 4.69) is 25.7 Å². The molecule has 0 radical (unpaired) electrons. The second-order valence-electron chi connectivity index (χ2n) is 9.04. The van der Waals surface area contributed by atoms with E-state index < -0.39 is 11.9 Å². The van der Waals surface area contributed by atoms with Gasteiger partial charge in [-0.2, -0.15) is 5.10 Å². The minimum Gasteiger partial charge on any atom is -0.436 e. The molecule has 0 fully saturated rings. The molecular formula is C27H36FN3O2. The normalized spacial score (nSPS) is 12.5. The molecule has 0 aliphatic heterocycles. The molecule has 0 bridgehead atoms. The van der Waals surface area contributed by atoms with Crippen LogP contribution in [0.5, 0.6) is 11.6 Å². The number of benzene rings is 2. The van der Waals surface area contributed by atoms with Gasteiger partial charge in [0, 0.05) is 32.2 Å². The smallest absolute Gasteiger partial charge is 0.222 e. The summed E-state index contributed by atoms with van der Waals surface area (Å²) in [5, 5.41) is 15.4. The van der Waals surface area contributed by atoms with Gasteiger partial charge in [-0.25, -0.2) is 9.07 Å². The fourth-order valence-electron chi connectivity index (χ4n) is 4.05. The van der Waals surface area contributed by atoms with Crippen LogP contribution in [0.15, 0.2) is 54.6 Å². The van der Waals surface area contributed by atoms with E-state index in [9.17, 15) is 9.50 Å². The number of nitrogens with zero attached hydrogens (tertiary/aromatic N) is 3. The summed E-state index contributed by atoms with van der Waals surface area (Å²) < 4.78 is 22.2. The number of aliphatic hydroxyl groups is 1.